The summed E-state index contributed by atoms with van der Waals surface area (Å²) in [7, 11) is 4.02. The molecule has 0 bridgehead atoms. The quantitative estimate of drug-likeness (QED) is 0.0510. The first-order valence-electron chi connectivity index (χ1n) is 20.9. The molecule has 0 aliphatic rings. The topological polar surface area (TPSA) is 74.0 Å². The zero-order valence-electron chi connectivity index (χ0n) is 33.4. The Kier molecular flexibility index (Phi) is 38.7. The minimum atomic E-state index is -0.786. The number of hydrogen-bond acceptors (Lipinski definition) is 5. The van der Waals surface area contributed by atoms with Gasteiger partial charge in [0.25, 0.3) is 0 Å². The summed E-state index contributed by atoms with van der Waals surface area (Å²) in [5.41, 5.74) is 5.79. The highest BCUT2D eigenvalue weighted by Crippen LogP contribution is 2.13. The molecule has 0 aromatic heterocycles. The van der Waals surface area contributed by atoms with Crippen molar-refractivity contribution in [2.75, 3.05) is 47.1 Å². The largest absolute Gasteiger partial charge is 0.379 e. The second-order valence-corrected chi connectivity index (χ2v) is 14.1. The van der Waals surface area contributed by atoms with Crippen LogP contribution in [0.1, 0.15) is 168 Å². The Balaban J connectivity index is 4.09. The lowest BCUT2D eigenvalue weighted by Crippen LogP contribution is -2.46. The van der Waals surface area contributed by atoms with Crippen LogP contribution in [0.15, 0.2) is 48.6 Å². The van der Waals surface area contributed by atoms with Crippen LogP contribution in [0.5, 0.6) is 0 Å². The van der Waals surface area contributed by atoms with E-state index in [0.29, 0.717) is 26.4 Å². The first-order valence-corrected chi connectivity index (χ1v) is 20.9. The number of nitrogens with two attached hydrogens (primary N) is 1. The van der Waals surface area contributed by atoms with E-state index in [1.807, 2.05) is 14.1 Å². The molecule has 6 nitrogen and oxygen atoms in total. The molecule has 0 saturated heterocycles. The van der Waals surface area contributed by atoms with Gasteiger partial charge in [0.2, 0.25) is 5.91 Å². The molecule has 0 aliphatic heterocycles. The Labute approximate surface area is 310 Å². The molecule has 0 aromatic rings. The summed E-state index contributed by atoms with van der Waals surface area (Å²) in [6.45, 7) is 7.28. The number of rotatable bonds is 39. The number of ether oxygens (including phenoxy) is 3. The minimum absolute atomic E-state index is 0.324. The van der Waals surface area contributed by atoms with Gasteiger partial charge < -0.3 is 24.8 Å². The standard InChI is InChI=1S/C44H82N2O4/c1-5-7-9-11-13-15-17-19-21-23-25-27-29-31-33-35-38-48-41-42(49-40-37-46(3)4)43(44(45)47)50-39-36-34-32-30-28-26-24-22-20-18-16-14-12-10-8-6-2/h13-16,19-22,42-43H,5-12,17-18,23-41H2,1-4H3,(H2,45,47)/b15-13-,16-14-,21-19-,22-20-. The molecule has 2 unspecified atom stereocenters. The number of likely N-dealkylation sites (N-methyl/N-ethyl adjacent to an activating group) is 1. The van der Waals surface area contributed by atoms with Crippen LogP contribution >= 0.6 is 0 Å². The van der Waals surface area contributed by atoms with Crippen molar-refractivity contribution in [2.24, 2.45) is 5.73 Å². The second-order valence-electron chi connectivity index (χ2n) is 14.1. The number of unbranched alkanes of at least 4 members (excludes halogenated alkanes) is 18. The molecule has 0 spiro atoms. The van der Waals surface area contributed by atoms with Gasteiger partial charge >= 0.3 is 0 Å². The second kappa shape index (κ2) is 40.0. The zero-order valence-corrected chi connectivity index (χ0v) is 33.4. The molecular weight excluding hydrogens is 620 g/mol. The van der Waals surface area contributed by atoms with Crippen LogP contribution in [0.4, 0.5) is 0 Å². The van der Waals surface area contributed by atoms with E-state index in [1.165, 1.54) is 116 Å². The number of hydrogen-bond donors (Lipinski definition) is 1. The summed E-state index contributed by atoms with van der Waals surface area (Å²) in [4.78, 5) is 14.4. The first kappa shape index (κ1) is 48.3. The van der Waals surface area contributed by atoms with E-state index in [9.17, 15) is 4.79 Å². The lowest BCUT2D eigenvalue weighted by Gasteiger charge is -2.26. The predicted octanol–water partition coefficient (Wildman–Crippen LogP) is 11.4. The minimum Gasteiger partial charge on any atom is -0.379 e. The van der Waals surface area contributed by atoms with Gasteiger partial charge in [-0.25, -0.2) is 0 Å². The molecule has 0 radical (unpaired) electrons. The van der Waals surface area contributed by atoms with Crippen molar-refractivity contribution in [2.45, 2.75) is 180 Å². The van der Waals surface area contributed by atoms with Crippen molar-refractivity contribution in [3.63, 3.8) is 0 Å². The fourth-order valence-electron chi connectivity index (χ4n) is 5.67. The van der Waals surface area contributed by atoms with E-state index < -0.39 is 18.1 Å². The molecule has 0 heterocycles. The van der Waals surface area contributed by atoms with Gasteiger partial charge in [0.1, 0.15) is 6.10 Å². The summed E-state index contributed by atoms with van der Waals surface area (Å²) < 4.78 is 18.1. The van der Waals surface area contributed by atoms with Gasteiger partial charge in [0.05, 0.1) is 13.2 Å². The Bertz CT molecular complexity index is 823. The normalized spacial score (nSPS) is 13.6. The fourth-order valence-corrected chi connectivity index (χ4v) is 5.67. The van der Waals surface area contributed by atoms with Gasteiger partial charge in [0, 0.05) is 19.8 Å². The smallest absolute Gasteiger partial charge is 0.249 e. The van der Waals surface area contributed by atoms with Gasteiger partial charge in [-0.3, -0.25) is 4.79 Å². The van der Waals surface area contributed by atoms with Gasteiger partial charge in [-0.2, -0.15) is 0 Å². The Morgan fingerprint density at radius 2 is 0.960 bits per heavy atom. The van der Waals surface area contributed by atoms with Crippen molar-refractivity contribution in [3.8, 4) is 0 Å². The lowest BCUT2D eigenvalue weighted by molar-refractivity contribution is -0.148. The molecule has 1 amide bonds. The van der Waals surface area contributed by atoms with Crippen molar-refractivity contribution in [1.82, 2.24) is 4.90 Å². The molecule has 0 rings (SSSR count). The van der Waals surface area contributed by atoms with Gasteiger partial charge in [0.15, 0.2) is 6.10 Å². The number of allylic oxidation sites excluding steroid dienone is 8. The lowest BCUT2D eigenvalue weighted by atomic mass is 10.1. The third-order valence-corrected chi connectivity index (χ3v) is 8.90. The third-order valence-electron chi connectivity index (χ3n) is 8.90. The van der Waals surface area contributed by atoms with Crippen LogP contribution in [0, 0.1) is 0 Å². The highest BCUT2D eigenvalue weighted by molar-refractivity contribution is 5.79. The third kappa shape index (κ3) is 36.1. The van der Waals surface area contributed by atoms with Gasteiger partial charge in [-0.1, -0.05) is 140 Å². The van der Waals surface area contributed by atoms with E-state index in [2.05, 4.69) is 67.4 Å². The Morgan fingerprint density at radius 1 is 0.540 bits per heavy atom. The molecule has 6 heteroatoms. The zero-order chi connectivity index (χ0) is 36.6. The van der Waals surface area contributed by atoms with Crippen LogP contribution in [-0.4, -0.2) is 70.1 Å². The molecule has 50 heavy (non-hydrogen) atoms. The van der Waals surface area contributed by atoms with Crippen LogP contribution in [0.2, 0.25) is 0 Å². The highest BCUT2D eigenvalue weighted by atomic mass is 16.6. The number of carbonyl (C=O) groups is 1. The number of carbonyl (C=O) groups excluding carboxylic acids is 1. The molecule has 2 atom stereocenters. The molecule has 0 aromatic carbocycles. The molecule has 2 N–H and O–H groups in total. The average Bonchev–Trinajstić information content (AvgIpc) is 3.09. The van der Waals surface area contributed by atoms with Gasteiger partial charge in [-0.05, 0) is 91.1 Å². The maximum absolute atomic E-state index is 12.4. The SMILES string of the molecule is CCCCC/C=C\C/C=C\CCCCCCCCOCC(OCCN(C)C)C(OCCCCCCCC/C=C\C/C=C\CCCCC)C(N)=O. The number of amides is 1. The highest BCUT2D eigenvalue weighted by Gasteiger charge is 2.28. The summed E-state index contributed by atoms with van der Waals surface area (Å²) in [6.07, 6.45) is 46.2. The number of primary amides is 1. The molecule has 0 aliphatic carbocycles. The van der Waals surface area contributed by atoms with E-state index in [4.69, 9.17) is 19.9 Å². The maximum atomic E-state index is 12.4. The summed E-state index contributed by atoms with van der Waals surface area (Å²) >= 11 is 0. The van der Waals surface area contributed by atoms with Crippen molar-refractivity contribution >= 4 is 5.91 Å². The van der Waals surface area contributed by atoms with Crippen LogP contribution in [0.3, 0.4) is 0 Å². The van der Waals surface area contributed by atoms with E-state index in [-0.39, 0.29) is 0 Å². The molecular formula is C44H82N2O4. The van der Waals surface area contributed by atoms with Crippen molar-refractivity contribution < 1.29 is 19.0 Å². The summed E-state index contributed by atoms with van der Waals surface area (Å²) in [5, 5.41) is 0. The van der Waals surface area contributed by atoms with Crippen molar-refractivity contribution in [1.29, 1.82) is 0 Å². The molecule has 0 saturated carbocycles. The van der Waals surface area contributed by atoms with Crippen molar-refractivity contribution in [3.05, 3.63) is 48.6 Å². The fraction of sp³-hybridized carbons (Fsp3) is 0.795. The summed E-state index contributed by atoms with van der Waals surface area (Å²) in [5.74, 6) is -0.475. The van der Waals surface area contributed by atoms with E-state index >= 15 is 0 Å². The van der Waals surface area contributed by atoms with E-state index in [1.54, 1.807) is 0 Å². The van der Waals surface area contributed by atoms with Crippen LogP contribution in [-0.2, 0) is 19.0 Å². The van der Waals surface area contributed by atoms with Crippen LogP contribution < -0.4 is 5.73 Å². The van der Waals surface area contributed by atoms with Crippen LogP contribution in [0.25, 0.3) is 0 Å². The van der Waals surface area contributed by atoms with E-state index in [0.717, 1.165) is 45.1 Å². The number of nitrogens with zero attached hydrogens (tertiary/aromatic N) is 1. The first-order chi connectivity index (χ1) is 24.5. The monoisotopic (exact) mass is 703 g/mol. The molecule has 0 fully saturated rings. The Morgan fingerprint density at radius 3 is 1.40 bits per heavy atom. The maximum Gasteiger partial charge on any atom is 0.249 e. The summed E-state index contributed by atoms with van der Waals surface area (Å²) in [6, 6.07) is 0. The average molecular weight is 703 g/mol. The predicted molar refractivity (Wildman–Crippen MR) is 217 cm³/mol. The van der Waals surface area contributed by atoms with Gasteiger partial charge in [-0.15, -0.1) is 0 Å². The molecule has 292 valence electrons. The Hall–Kier alpha value is -1.73.